The molecule has 0 saturated carbocycles. The fourth-order valence-electron chi connectivity index (χ4n) is 1.27. The van der Waals surface area contributed by atoms with Crippen molar-refractivity contribution >= 4 is 26.7 Å². The minimum absolute atomic E-state index is 0.0942. The predicted octanol–water partition coefficient (Wildman–Crippen LogP) is 1.97. The molecule has 0 amide bonds. The highest BCUT2D eigenvalue weighted by Gasteiger charge is 2.13. The summed E-state index contributed by atoms with van der Waals surface area (Å²) >= 11 is 0. The lowest BCUT2D eigenvalue weighted by Crippen LogP contribution is -2.08. The van der Waals surface area contributed by atoms with Gasteiger partial charge in [0, 0.05) is 0 Å². The van der Waals surface area contributed by atoms with Gasteiger partial charge in [-0.3, -0.25) is 4.79 Å². The van der Waals surface area contributed by atoms with Gasteiger partial charge < -0.3 is 4.74 Å². The van der Waals surface area contributed by atoms with Gasteiger partial charge in [0.25, 0.3) is 0 Å². The molecule has 1 aromatic rings. The van der Waals surface area contributed by atoms with E-state index in [1.165, 1.54) is 7.11 Å². The predicted molar refractivity (Wildman–Crippen MR) is 59.2 cm³/mol. The highest BCUT2D eigenvalue weighted by Crippen LogP contribution is 2.20. The number of halogens is 1. The van der Waals surface area contributed by atoms with Crippen molar-refractivity contribution in [2.45, 2.75) is 18.2 Å². The van der Waals surface area contributed by atoms with Crippen LogP contribution in [0.15, 0.2) is 23.1 Å². The first kappa shape index (κ1) is 12.2. The number of ether oxygens (including phenoxy) is 1. The van der Waals surface area contributed by atoms with Crippen molar-refractivity contribution in [3.05, 3.63) is 29.3 Å². The lowest BCUT2D eigenvalue weighted by molar-refractivity contribution is -0.139. The summed E-state index contributed by atoms with van der Waals surface area (Å²) in [5.41, 5.74) is 1.56. The summed E-state index contributed by atoms with van der Waals surface area (Å²) in [6.07, 6.45) is 0.0942. The number of carbonyl (C=O) groups is 1. The Hall–Kier alpha value is -0.870. The lowest BCUT2D eigenvalue weighted by Gasteiger charge is -2.08. The molecular formula is C10H11ClO3S. The molecule has 1 unspecified atom stereocenters. The standard InChI is InChI=1S/C10H11ClO3S/c1-7-4-3-5-9(15(11)13)8(7)6-10(12)14-2/h3-5H,6H2,1-2H3. The molecule has 1 aromatic carbocycles. The SMILES string of the molecule is COC(=O)Cc1c(C)cccc1S(=O)Cl. The van der Waals surface area contributed by atoms with Gasteiger partial charge in [-0.15, -0.1) is 0 Å². The molecule has 0 radical (unpaired) electrons. The van der Waals surface area contributed by atoms with Crippen molar-refractivity contribution in [3.63, 3.8) is 0 Å². The highest BCUT2D eigenvalue weighted by molar-refractivity contribution is 8.08. The van der Waals surface area contributed by atoms with Crippen molar-refractivity contribution in [2.75, 3.05) is 7.11 Å². The van der Waals surface area contributed by atoms with Crippen molar-refractivity contribution in [3.8, 4) is 0 Å². The van der Waals surface area contributed by atoms with E-state index in [9.17, 15) is 9.00 Å². The third kappa shape index (κ3) is 3.04. The number of rotatable bonds is 3. The number of carbonyl (C=O) groups excluding carboxylic acids is 1. The molecule has 0 aliphatic carbocycles. The summed E-state index contributed by atoms with van der Waals surface area (Å²) in [6, 6.07) is 5.24. The van der Waals surface area contributed by atoms with Crippen LogP contribution in [0.3, 0.4) is 0 Å². The monoisotopic (exact) mass is 246 g/mol. The van der Waals surface area contributed by atoms with E-state index in [0.29, 0.717) is 10.5 Å². The summed E-state index contributed by atoms with van der Waals surface area (Å²) < 4.78 is 15.8. The average molecular weight is 247 g/mol. The number of hydrogen-bond donors (Lipinski definition) is 0. The van der Waals surface area contributed by atoms with Gasteiger partial charge in [-0.25, -0.2) is 4.21 Å². The second kappa shape index (κ2) is 5.28. The average Bonchev–Trinajstić information content (AvgIpc) is 2.20. The minimum Gasteiger partial charge on any atom is -0.469 e. The van der Waals surface area contributed by atoms with Gasteiger partial charge in [0.05, 0.1) is 18.4 Å². The van der Waals surface area contributed by atoms with E-state index in [1.54, 1.807) is 12.1 Å². The van der Waals surface area contributed by atoms with E-state index in [-0.39, 0.29) is 12.4 Å². The first-order valence-corrected chi connectivity index (χ1v) is 6.27. The maximum Gasteiger partial charge on any atom is 0.310 e. The lowest BCUT2D eigenvalue weighted by atomic mass is 10.1. The second-order valence-electron chi connectivity index (χ2n) is 3.03. The molecule has 0 fully saturated rings. The quantitative estimate of drug-likeness (QED) is 0.605. The maximum atomic E-state index is 11.2. The summed E-state index contributed by atoms with van der Waals surface area (Å²) in [6.45, 7) is 1.84. The topological polar surface area (TPSA) is 43.4 Å². The van der Waals surface area contributed by atoms with Gasteiger partial charge in [-0.1, -0.05) is 12.1 Å². The number of aryl methyl sites for hydroxylation is 1. The zero-order valence-corrected chi connectivity index (χ0v) is 10.0. The van der Waals surface area contributed by atoms with E-state index in [0.717, 1.165) is 5.56 Å². The molecule has 0 bridgehead atoms. The van der Waals surface area contributed by atoms with Crippen molar-refractivity contribution in [1.82, 2.24) is 0 Å². The fourth-order valence-corrected chi connectivity index (χ4v) is 2.31. The first-order chi connectivity index (χ1) is 7.06. The smallest absolute Gasteiger partial charge is 0.310 e. The van der Waals surface area contributed by atoms with Crippen LogP contribution in [0, 0.1) is 6.92 Å². The van der Waals surface area contributed by atoms with Gasteiger partial charge >= 0.3 is 5.97 Å². The molecule has 0 heterocycles. The Labute approximate surface area is 95.3 Å². The molecule has 82 valence electrons. The van der Waals surface area contributed by atoms with E-state index in [4.69, 9.17) is 10.7 Å². The Balaban J connectivity index is 3.13. The van der Waals surface area contributed by atoms with Crippen LogP contribution in [0.25, 0.3) is 0 Å². The second-order valence-corrected chi connectivity index (χ2v) is 4.76. The summed E-state index contributed by atoms with van der Waals surface area (Å²) in [5, 5.41) is 0. The van der Waals surface area contributed by atoms with Crippen molar-refractivity contribution in [2.24, 2.45) is 0 Å². The molecule has 0 aromatic heterocycles. The molecule has 0 aliphatic rings. The number of esters is 1. The van der Waals surface area contributed by atoms with Gasteiger partial charge in [0.1, 0.15) is 10.0 Å². The first-order valence-electron chi connectivity index (χ1n) is 4.29. The van der Waals surface area contributed by atoms with Crippen LogP contribution in [0.2, 0.25) is 0 Å². The largest absolute Gasteiger partial charge is 0.469 e. The summed E-state index contributed by atoms with van der Waals surface area (Å²) in [5.74, 6) is -0.368. The van der Waals surface area contributed by atoms with Crippen LogP contribution in [0.1, 0.15) is 11.1 Å². The number of hydrogen-bond acceptors (Lipinski definition) is 3. The molecule has 5 heteroatoms. The maximum absolute atomic E-state index is 11.2. The molecule has 1 rings (SSSR count). The molecule has 0 N–H and O–H groups in total. The molecule has 3 nitrogen and oxygen atoms in total. The normalized spacial score (nSPS) is 12.2. The van der Waals surface area contributed by atoms with Gasteiger partial charge in [-0.2, -0.15) is 0 Å². The zero-order valence-electron chi connectivity index (χ0n) is 8.45. The molecule has 1 atom stereocenters. The molecular weight excluding hydrogens is 236 g/mol. The van der Waals surface area contributed by atoms with Crippen molar-refractivity contribution in [1.29, 1.82) is 0 Å². The summed E-state index contributed by atoms with van der Waals surface area (Å²) in [4.78, 5) is 11.6. The number of benzene rings is 1. The van der Waals surface area contributed by atoms with Crippen LogP contribution in [0.5, 0.6) is 0 Å². The van der Waals surface area contributed by atoms with Gasteiger partial charge in [0.2, 0.25) is 0 Å². The van der Waals surface area contributed by atoms with Crippen LogP contribution in [-0.2, 0) is 26.0 Å². The number of methoxy groups -OCH3 is 1. The fraction of sp³-hybridized carbons (Fsp3) is 0.300. The van der Waals surface area contributed by atoms with Crippen LogP contribution >= 0.6 is 10.7 Å². The highest BCUT2D eigenvalue weighted by atomic mass is 35.7. The van der Waals surface area contributed by atoms with Gasteiger partial charge in [-0.05, 0) is 34.8 Å². The Morgan fingerprint density at radius 2 is 2.20 bits per heavy atom. The Morgan fingerprint density at radius 3 is 2.73 bits per heavy atom. The molecule has 0 aliphatic heterocycles. The van der Waals surface area contributed by atoms with Crippen molar-refractivity contribution < 1.29 is 13.7 Å². The Kier molecular flexibility index (Phi) is 4.29. The zero-order chi connectivity index (χ0) is 11.4. The van der Waals surface area contributed by atoms with E-state index < -0.39 is 10.0 Å². The Bertz CT molecular complexity index is 404. The minimum atomic E-state index is -1.60. The van der Waals surface area contributed by atoms with E-state index in [2.05, 4.69) is 4.74 Å². The van der Waals surface area contributed by atoms with E-state index in [1.807, 2.05) is 13.0 Å². The van der Waals surface area contributed by atoms with Crippen LogP contribution in [0.4, 0.5) is 0 Å². The van der Waals surface area contributed by atoms with Gasteiger partial charge in [0.15, 0.2) is 0 Å². The van der Waals surface area contributed by atoms with Crippen LogP contribution in [-0.4, -0.2) is 17.3 Å². The third-order valence-electron chi connectivity index (χ3n) is 2.09. The molecule has 0 saturated heterocycles. The molecule has 15 heavy (non-hydrogen) atoms. The summed E-state index contributed by atoms with van der Waals surface area (Å²) in [7, 11) is 5.24. The molecule has 0 spiro atoms. The third-order valence-corrected chi connectivity index (χ3v) is 3.32. The van der Waals surface area contributed by atoms with E-state index >= 15 is 0 Å². The van der Waals surface area contributed by atoms with Crippen LogP contribution < -0.4 is 0 Å². The Morgan fingerprint density at radius 1 is 1.53 bits per heavy atom.